The van der Waals surface area contributed by atoms with E-state index in [2.05, 4.69) is 11.8 Å². The quantitative estimate of drug-likeness (QED) is 0.648. The number of rotatable bonds is 8. The van der Waals surface area contributed by atoms with Crippen molar-refractivity contribution < 1.29 is 9.90 Å². The lowest BCUT2D eigenvalue weighted by atomic mass is 10.1. The Morgan fingerprint density at radius 3 is 2.62 bits per heavy atom. The van der Waals surface area contributed by atoms with E-state index in [1.807, 2.05) is 0 Å². The molecule has 1 fully saturated rings. The van der Waals surface area contributed by atoms with Gasteiger partial charge in [-0.25, -0.2) is 0 Å². The summed E-state index contributed by atoms with van der Waals surface area (Å²) in [4.78, 5) is 13.1. The molecular weight excluding hydrogens is 202 g/mol. The van der Waals surface area contributed by atoms with Gasteiger partial charge in [-0.1, -0.05) is 39.0 Å². The Labute approximate surface area is 98.8 Å². The second kappa shape index (κ2) is 7.66. The van der Waals surface area contributed by atoms with Crippen molar-refractivity contribution in [1.82, 2.24) is 4.90 Å². The molecule has 1 saturated heterocycles. The Balaban J connectivity index is 2.05. The maximum atomic E-state index is 10.9. The summed E-state index contributed by atoms with van der Waals surface area (Å²) < 4.78 is 0. The zero-order valence-corrected chi connectivity index (χ0v) is 10.5. The van der Waals surface area contributed by atoms with Crippen LogP contribution in [0.1, 0.15) is 58.3 Å². The van der Waals surface area contributed by atoms with Crippen molar-refractivity contribution in [2.24, 2.45) is 0 Å². The van der Waals surface area contributed by atoms with E-state index in [9.17, 15) is 4.79 Å². The first-order valence-electron chi connectivity index (χ1n) is 6.72. The summed E-state index contributed by atoms with van der Waals surface area (Å²) in [5.41, 5.74) is 0. The molecule has 3 nitrogen and oxygen atoms in total. The number of nitrogens with zero attached hydrogens (tertiary/aromatic N) is 1. The Kier molecular flexibility index (Phi) is 6.46. The van der Waals surface area contributed by atoms with E-state index >= 15 is 0 Å². The molecule has 1 atom stereocenters. The van der Waals surface area contributed by atoms with E-state index in [0.29, 0.717) is 0 Å². The highest BCUT2D eigenvalue weighted by Crippen LogP contribution is 2.18. The highest BCUT2D eigenvalue weighted by Gasteiger charge is 2.29. The molecule has 0 aliphatic carbocycles. The molecule has 1 N–H and O–H groups in total. The van der Waals surface area contributed by atoms with Gasteiger partial charge in [0, 0.05) is 0 Å². The van der Waals surface area contributed by atoms with Crippen LogP contribution in [0.2, 0.25) is 0 Å². The van der Waals surface area contributed by atoms with Crippen LogP contribution in [0.25, 0.3) is 0 Å². The van der Waals surface area contributed by atoms with Gasteiger partial charge in [-0.3, -0.25) is 9.69 Å². The molecule has 1 aliphatic heterocycles. The molecule has 94 valence electrons. The number of aliphatic carboxylic acids is 1. The number of carbonyl (C=O) groups is 1. The van der Waals surface area contributed by atoms with Crippen LogP contribution < -0.4 is 0 Å². The molecule has 1 rings (SSSR count). The van der Waals surface area contributed by atoms with Crippen LogP contribution in [0.4, 0.5) is 0 Å². The van der Waals surface area contributed by atoms with E-state index in [0.717, 1.165) is 32.4 Å². The minimum absolute atomic E-state index is 0.198. The maximum Gasteiger partial charge on any atom is 0.320 e. The van der Waals surface area contributed by atoms with Crippen molar-refractivity contribution in [3.05, 3.63) is 0 Å². The van der Waals surface area contributed by atoms with Crippen molar-refractivity contribution >= 4 is 5.97 Å². The SMILES string of the molecule is CCCCCCCCN1CCCC1C(=O)O. The van der Waals surface area contributed by atoms with Gasteiger partial charge in [-0.2, -0.15) is 0 Å². The van der Waals surface area contributed by atoms with Crippen LogP contribution in [0.15, 0.2) is 0 Å². The van der Waals surface area contributed by atoms with Crippen LogP contribution in [0, 0.1) is 0 Å². The van der Waals surface area contributed by atoms with Gasteiger partial charge < -0.3 is 5.11 Å². The van der Waals surface area contributed by atoms with Crippen molar-refractivity contribution in [3.8, 4) is 0 Å². The summed E-state index contributed by atoms with van der Waals surface area (Å²) in [6, 6.07) is -0.198. The minimum Gasteiger partial charge on any atom is -0.480 e. The van der Waals surface area contributed by atoms with Gasteiger partial charge >= 0.3 is 5.97 Å². The third kappa shape index (κ3) is 4.52. The first-order chi connectivity index (χ1) is 7.75. The lowest BCUT2D eigenvalue weighted by molar-refractivity contribution is -0.142. The first-order valence-corrected chi connectivity index (χ1v) is 6.72. The zero-order valence-electron chi connectivity index (χ0n) is 10.5. The Morgan fingerprint density at radius 2 is 1.94 bits per heavy atom. The standard InChI is InChI=1S/C13H25NO2/c1-2-3-4-5-6-7-10-14-11-8-9-12(14)13(15)16/h12H,2-11H2,1H3,(H,15,16). The summed E-state index contributed by atoms with van der Waals surface area (Å²) >= 11 is 0. The zero-order chi connectivity index (χ0) is 11.8. The molecule has 1 heterocycles. The molecule has 0 bridgehead atoms. The normalized spacial score (nSPS) is 21.4. The maximum absolute atomic E-state index is 10.9. The second-order valence-corrected chi connectivity index (χ2v) is 4.80. The molecule has 0 spiro atoms. The van der Waals surface area contributed by atoms with E-state index in [4.69, 9.17) is 5.11 Å². The largest absolute Gasteiger partial charge is 0.480 e. The number of unbranched alkanes of at least 4 members (excludes halogenated alkanes) is 5. The summed E-state index contributed by atoms with van der Waals surface area (Å²) in [6.45, 7) is 4.18. The van der Waals surface area contributed by atoms with Gasteiger partial charge in [-0.05, 0) is 32.4 Å². The summed E-state index contributed by atoms with van der Waals surface area (Å²) in [5.74, 6) is -0.636. The van der Waals surface area contributed by atoms with Crippen molar-refractivity contribution in [2.45, 2.75) is 64.3 Å². The monoisotopic (exact) mass is 227 g/mol. The van der Waals surface area contributed by atoms with Crippen LogP contribution in [-0.4, -0.2) is 35.1 Å². The predicted octanol–water partition coefficient (Wildman–Crippen LogP) is 2.90. The van der Waals surface area contributed by atoms with Gasteiger partial charge in [0.05, 0.1) is 0 Å². The van der Waals surface area contributed by atoms with E-state index in [1.54, 1.807) is 0 Å². The molecule has 0 amide bonds. The summed E-state index contributed by atoms with van der Waals surface area (Å²) in [7, 11) is 0. The van der Waals surface area contributed by atoms with Crippen LogP contribution in [0.3, 0.4) is 0 Å². The summed E-state index contributed by atoms with van der Waals surface area (Å²) in [6.07, 6.45) is 9.56. The first kappa shape index (κ1) is 13.5. The Bertz CT molecular complexity index is 206. The third-order valence-corrected chi connectivity index (χ3v) is 3.45. The van der Waals surface area contributed by atoms with E-state index in [1.165, 1.54) is 32.1 Å². The Morgan fingerprint density at radius 1 is 1.25 bits per heavy atom. The number of hydrogen-bond donors (Lipinski definition) is 1. The van der Waals surface area contributed by atoms with E-state index in [-0.39, 0.29) is 6.04 Å². The predicted molar refractivity (Wildman–Crippen MR) is 65.6 cm³/mol. The average Bonchev–Trinajstić information content (AvgIpc) is 2.71. The molecule has 3 heteroatoms. The fourth-order valence-corrected chi connectivity index (χ4v) is 2.47. The molecule has 1 unspecified atom stereocenters. The minimum atomic E-state index is -0.636. The third-order valence-electron chi connectivity index (χ3n) is 3.45. The van der Waals surface area contributed by atoms with Crippen molar-refractivity contribution in [3.63, 3.8) is 0 Å². The van der Waals surface area contributed by atoms with Gasteiger partial charge in [0.25, 0.3) is 0 Å². The molecule has 0 radical (unpaired) electrons. The topological polar surface area (TPSA) is 40.5 Å². The van der Waals surface area contributed by atoms with Crippen LogP contribution in [0.5, 0.6) is 0 Å². The van der Waals surface area contributed by atoms with Gasteiger partial charge in [0.1, 0.15) is 6.04 Å². The number of hydrogen-bond acceptors (Lipinski definition) is 2. The molecule has 16 heavy (non-hydrogen) atoms. The molecule has 0 saturated carbocycles. The lowest BCUT2D eigenvalue weighted by Crippen LogP contribution is -2.36. The lowest BCUT2D eigenvalue weighted by Gasteiger charge is -2.20. The van der Waals surface area contributed by atoms with Crippen molar-refractivity contribution in [2.75, 3.05) is 13.1 Å². The van der Waals surface area contributed by atoms with Crippen molar-refractivity contribution in [1.29, 1.82) is 0 Å². The molecule has 0 aromatic rings. The van der Waals surface area contributed by atoms with Crippen LogP contribution >= 0.6 is 0 Å². The van der Waals surface area contributed by atoms with Crippen LogP contribution in [-0.2, 0) is 4.79 Å². The fraction of sp³-hybridized carbons (Fsp3) is 0.923. The second-order valence-electron chi connectivity index (χ2n) is 4.80. The molecule has 1 aliphatic rings. The smallest absolute Gasteiger partial charge is 0.320 e. The van der Waals surface area contributed by atoms with E-state index < -0.39 is 5.97 Å². The highest BCUT2D eigenvalue weighted by molar-refractivity contribution is 5.73. The highest BCUT2D eigenvalue weighted by atomic mass is 16.4. The van der Waals surface area contributed by atoms with Gasteiger partial charge in [0.2, 0.25) is 0 Å². The number of carboxylic acid groups (broad SMARTS) is 1. The molecular formula is C13H25NO2. The molecule has 0 aromatic carbocycles. The van der Waals surface area contributed by atoms with Gasteiger partial charge in [0.15, 0.2) is 0 Å². The Hall–Kier alpha value is -0.570. The molecule has 0 aromatic heterocycles. The number of carboxylic acids is 1. The average molecular weight is 227 g/mol. The fourth-order valence-electron chi connectivity index (χ4n) is 2.47. The summed E-state index contributed by atoms with van der Waals surface area (Å²) in [5, 5.41) is 9.01. The van der Waals surface area contributed by atoms with Gasteiger partial charge in [-0.15, -0.1) is 0 Å². The number of likely N-dealkylation sites (tertiary alicyclic amines) is 1.